The lowest BCUT2D eigenvalue weighted by Crippen LogP contribution is -2.57. The molecule has 33 heavy (non-hydrogen) atoms. The second-order valence-electron chi connectivity index (χ2n) is 8.62. The molecule has 3 rings (SSSR count). The zero-order chi connectivity index (χ0) is 24.1. The predicted molar refractivity (Wildman–Crippen MR) is 135 cm³/mol. The molecule has 3 atom stereocenters. The van der Waals surface area contributed by atoms with Crippen LogP contribution in [0.1, 0.15) is 26.3 Å². The third kappa shape index (κ3) is 7.47. The van der Waals surface area contributed by atoms with Gasteiger partial charge in [0.2, 0.25) is 5.91 Å². The first-order chi connectivity index (χ1) is 15.6. The Bertz CT molecular complexity index is 975. The van der Waals surface area contributed by atoms with Crippen molar-refractivity contribution in [2.24, 2.45) is 0 Å². The van der Waals surface area contributed by atoms with Gasteiger partial charge in [0, 0.05) is 50.2 Å². The standard InChI is InChI=1S/C24H30Cl3N3O3/c1-15-11-30(16(2)10-29(15)12-18-4-6-21(26)22(27)8-18)13-20(32)14-33-24-7-5-19(25)9-23(24)28-17(3)31/h4-9,15-16,20,32H,10-14H2,1-3H3,(H,28,31). The van der Waals surface area contributed by atoms with Crippen LogP contribution in [0, 0.1) is 0 Å². The maximum Gasteiger partial charge on any atom is 0.221 e. The van der Waals surface area contributed by atoms with Gasteiger partial charge in [-0.2, -0.15) is 0 Å². The zero-order valence-corrected chi connectivity index (χ0v) is 21.3. The summed E-state index contributed by atoms with van der Waals surface area (Å²) in [5.41, 5.74) is 1.61. The number of amides is 1. The second kappa shape index (κ2) is 11.7. The number of hydrogen-bond donors (Lipinski definition) is 2. The summed E-state index contributed by atoms with van der Waals surface area (Å²) in [6, 6.07) is 11.3. The first-order valence-electron chi connectivity index (χ1n) is 10.9. The van der Waals surface area contributed by atoms with Crippen LogP contribution in [0.25, 0.3) is 0 Å². The average molecular weight is 515 g/mol. The molecular formula is C24H30Cl3N3O3. The number of β-amino-alcohol motifs (C(OH)–C–C–N with tert-alkyl or cyclic N) is 1. The number of halogens is 3. The van der Waals surface area contributed by atoms with Crippen molar-refractivity contribution in [1.82, 2.24) is 9.80 Å². The van der Waals surface area contributed by atoms with Crippen molar-refractivity contribution in [2.75, 3.05) is 31.6 Å². The van der Waals surface area contributed by atoms with Gasteiger partial charge in [0.15, 0.2) is 0 Å². The molecule has 1 fully saturated rings. The Morgan fingerprint density at radius 3 is 2.48 bits per heavy atom. The molecule has 0 bridgehead atoms. The summed E-state index contributed by atoms with van der Waals surface area (Å²) in [6.45, 7) is 8.88. The maximum absolute atomic E-state index is 11.4. The lowest BCUT2D eigenvalue weighted by atomic mass is 10.1. The highest BCUT2D eigenvalue weighted by Gasteiger charge is 2.30. The Morgan fingerprint density at radius 1 is 1.09 bits per heavy atom. The maximum atomic E-state index is 11.4. The predicted octanol–water partition coefficient (Wildman–Crippen LogP) is 4.94. The number of anilines is 1. The van der Waals surface area contributed by atoms with Gasteiger partial charge in [0.05, 0.1) is 15.7 Å². The molecule has 0 saturated carbocycles. The highest BCUT2D eigenvalue weighted by molar-refractivity contribution is 6.42. The smallest absolute Gasteiger partial charge is 0.221 e. The Morgan fingerprint density at radius 2 is 1.79 bits per heavy atom. The molecule has 0 radical (unpaired) electrons. The molecule has 1 amide bonds. The first kappa shape index (κ1) is 26.1. The highest BCUT2D eigenvalue weighted by Crippen LogP contribution is 2.28. The minimum atomic E-state index is -0.679. The van der Waals surface area contributed by atoms with Gasteiger partial charge in [0.25, 0.3) is 0 Å². The van der Waals surface area contributed by atoms with E-state index >= 15 is 0 Å². The molecule has 1 heterocycles. The van der Waals surface area contributed by atoms with E-state index in [1.165, 1.54) is 6.92 Å². The Hall–Kier alpha value is -1.54. The second-order valence-corrected chi connectivity index (χ2v) is 9.87. The number of aliphatic hydroxyl groups excluding tert-OH is 1. The molecule has 0 aliphatic carbocycles. The molecule has 1 aliphatic rings. The van der Waals surface area contributed by atoms with Crippen LogP contribution >= 0.6 is 34.8 Å². The van der Waals surface area contributed by atoms with Crippen LogP contribution in [0.15, 0.2) is 36.4 Å². The number of rotatable bonds is 8. The van der Waals surface area contributed by atoms with E-state index in [-0.39, 0.29) is 18.6 Å². The van der Waals surface area contributed by atoms with Gasteiger partial charge in [-0.3, -0.25) is 14.6 Å². The quantitative estimate of drug-likeness (QED) is 0.522. The monoisotopic (exact) mass is 513 g/mol. The summed E-state index contributed by atoms with van der Waals surface area (Å²) in [4.78, 5) is 16.1. The fourth-order valence-electron chi connectivity index (χ4n) is 4.04. The van der Waals surface area contributed by atoms with E-state index in [0.717, 1.165) is 25.2 Å². The van der Waals surface area contributed by atoms with E-state index in [4.69, 9.17) is 39.5 Å². The molecule has 2 N–H and O–H groups in total. The lowest BCUT2D eigenvalue weighted by molar-refractivity contribution is -0.114. The van der Waals surface area contributed by atoms with Gasteiger partial charge in [-0.25, -0.2) is 0 Å². The third-order valence-electron chi connectivity index (χ3n) is 5.74. The number of ether oxygens (including phenoxy) is 1. The van der Waals surface area contributed by atoms with Crippen molar-refractivity contribution in [3.8, 4) is 5.75 Å². The van der Waals surface area contributed by atoms with E-state index in [0.29, 0.717) is 39.1 Å². The normalized spacial score (nSPS) is 20.5. The number of aliphatic hydroxyl groups is 1. The molecule has 3 unspecified atom stereocenters. The van der Waals surface area contributed by atoms with Crippen LogP contribution in [0.2, 0.25) is 15.1 Å². The van der Waals surface area contributed by atoms with E-state index in [9.17, 15) is 9.90 Å². The molecule has 2 aromatic rings. The molecule has 0 spiro atoms. The summed E-state index contributed by atoms with van der Waals surface area (Å²) in [7, 11) is 0. The number of nitrogens with zero attached hydrogens (tertiary/aromatic N) is 2. The van der Waals surface area contributed by atoms with Crippen molar-refractivity contribution < 1.29 is 14.6 Å². The van der Waals surface area contributed by atoms with Crippen molar-refractivity contribution in [3.63, 3.8) is 0 Å². The molecule has 1 aliphatic heterocycles. The highest BCUT2D eigenvalue weighted by atomic mass is 35.5. The minimum absolute atomic E-state index is 0.110. The third-order valence-corrected chi connectivity index (χ3v) is 6.72. The first-order valence-corrected chi connectivity index (χ1v) is 12.1. The largest absolute Gasteiger partial charge is 0.489 e. The van der Waals surface area contributed by atoms with Crippen LogP contribution in [-0.4, -0.2) is 65.2 Å². The summed E-state index contributed by atoms with van der Waals surface area (Å²) < 4.78 is 5.80. The molecular weight excluding hydrogens is 485 g/mol. The van der Waals surface area contributed by atoms with Crippen LogP contribution in [0.4, 0.5) is 5.69 Å². The number of benzene rings is 2. The van der Waals surface area contributed by atoms with Crippen molar-refractivity contribution in [3.05, 3.63) is 57.0 Å². The van der Waals surface area contributed by atoms with E-state index in [1.54, 1.807) is 18.2 Å². The van der Waals surface area contributed by atoms with Crippen molar-refractivity contribution >= 4 is 46.4 Å². The summed E-state index contributed by atoms with van der Waals surface area (Å²) in [5.74, 6) is 0.255. The molecule has 1 saturated heterocycles. The van der Waals surface area contributed by atoms with Gasteiger partial charge in [-0.15, -0.1) is 0 Å². The molecule has 0 aromatic heterocycles. The summed E-state index contributed by atoms with van der Waals surface area (Å²) in [6.07, 6.45) is -0.679. The van der Waals surface area contributed by atoms with Gasteiger partial charge in [-0.1, -0.05) is 40.9 Å². The van der Waals surface area contributed by atoms with Gasteiger partial charge >= 0.3 is 0 Å². The molecule has 2 aromatic carbocycles. The Labute approximate surface area is 210 Å². The molecule has 6 nitrogen and oxygen atoms in total. The van der Waals surface area contributed by atoms with E-state index in [1.807, 2.05) is 18.2 Å². The van der Waals surface area contributed by atoms with Crippen LogP contribution < -0.4 is 10.1 Å². The fraction of sp³-hybridized carbons (Fsp3) is 0.458. The molecule has 180 valence electrons. The number of hydrogen-bond acceptors (Lipinski definition) is 5. The van der Waals surface area contributed by atoms with Crippen LogP contribution in [0.3, 0.4) is 0 Å². The summed E-state index contributed by atoms with van der Waals surface area (Å²) >= 11 is 18.2. The zero-order valence-electron chi connectivity index (χ0n) is 19.0. The average Bonchev–Trinajstić information content (AvgIpc) is 2.73. The van der Waals surface area contributed by atoms with Crippen LogP contribution in [-0.2, 0) is 11.3 Å². The topological polar surface area (TPSA) is 65.0 Å². The number of nitrogens with one attached hydrogen (secondary N) is 1. The lowest BCUT2D eigenvalue weighted by Gasteiger charge is -2.44. The number of carbonyl (C=O) groups is 1. The van der Waals surface area contributed by atoms with E-state index < -0.39 is 6.10 Å². The SMILES string of the molecule is CC(=O)Nc1cc(Cl)ccc1OCC(O)CN1CC(C)N(Cc2ccc(Cl)c(Cl)c2)CC1C. The Kier molecular flexibility index (Phi) is 9.27. The van der Waals surface area contributed by atoms with Gasteiger partial charge in [0.1, 0.15) is 18.5 Å². The number of carbonyl (C=O) groups excluding carboxylic acids is 1. The fourth-order valence-corrected chi connectivity index (χ4v) is 4.53. The van der Waals surface area contributed by atoms with Crippen molar-refractivity contribution in [1.29, 1.82) is 0 Å². The Balaban J connectivity index is 1.53. The summed E-state index contributed by atoms with van der Waals surface area (Å²) in [5, 5.41) is 15.0. The van der Waals surface area contributed by atoms with Crippen LogP contribution in [0.5, 0.6) is 5.75 Å². The van der Waals surface area contributed by atoms with E-state index in [2.05, 4.69) is 29.0 Å². The van der Waals surface area contributed by atoms with Gasteiger partial charge < -0.3 is 15.2 Å². The van der Waals surface area contributed by atoms with Crippen molar-refractivity contribution in [2.45, 2.75) is 45.5 Å². The minimum Gasteiger partial charge on any atom is -0.489 e. The molecule has 9 heteroatoms. The number of piperazine rings is 1. The van der Waals surface area contributed by atoms with Gasteiger partial charge in [-0.05, 0) is 49.7 Å².